The van der Waals surface area contributed by atoms with Crippen LogP contribution in [-0.4, -0.2) is 51.0 Å². The predicted octanol–water partition coefficient (Wildman–Crippen LogP) is 4.05. The molecule has 0 radical (unpaired) electrons. The van der Waals surface area contributed by atoms with Crippen LogP contribution in [-0.2, 0) is 17.9 Å². The number of nitrogens with one attached hydrogen (secondary N) is 1. The lowest BCUT2D eigenvalue weighted by molar-refractivity contribution is -0.115. The van der Waals surface area contributed by atoms with Gasteiger partial charge in [-0.3, -0.25) is 9.69 Å². The number of amides is 1. The number of benzene rings is 2. The van der Waals surface area contributed by atoms with Crippen LogP contribution in [0.1, 0.15) is 31.2 Å². The topological polar surface area (TPSA) is 72.3 Å². The summed E-state index contributed by atoms with van der Waals surface area (Å²) in [5.41, 5.74) is 1.84. The van der Waals surface area contributed by atoms with Crippen LogP contribution in [0.3, 0.4) is 0 Å². The fourth-order valence-electron chi connectivity index (χ4n) is 3.78. The van der Waals surface area contributed by atoms with Crippen molar-refractivity contribution in [2.24, 2.45) is 0 Å². The molecule has 4 rings (SSSR count). The molecule has 8 heteroatoms. The van der Waals surface area contributed by atoms with Gasteiger partial charge in [0.2, 0.25) is 5.91 Å². The first kappa shape index (κ1) is 22.4. The monoisotopic (exact) mass is 451 g/mol. The lowest BCUT2D eigenvalue weighted by Gasteiger charge is -2.17. The number of para-hydroxylation sites is 2. The first-order valence-corrected chi connectivity index (χ1v) is 11.8. The lowest BCUT2D eigenvalue weighted by atomic mass is 10.2. The number of hydrogen-bond donors (Lipinski definition) is 1. The van der Waals surface area contributed by atoms with Crippen LogP contribution in [0.2, 0.25) is 0 Å². The third-order valence-electron chi connectivity index (χ3n) is 5.56. The molecule has 1 fully saturated rings. The van der Waals surface area contributed by atoms with E-state index in [-0.39, 0.29) is 11.2 Å². The molecule has 1 aromatic heterocycles. The van der Waals surface area contributed by atoms with E-state index >= 15 is 0 Å². The Balaban J connectivity index is 1.51. The highest BCUT2D eigenvalue weighted by Gasteiger charge is 2.23. The summed E-state index contributed by atoms with van der Waals surface area (Å²) in [5, 5.41) is 12.3. The summed E-state index contributed by atoms with van der Waals surface area (Å²) in [7, 11) is 1.59. The molecular weight excluding hydrogens is 422 g/mol. The van der Waals surface area contributed by atoms with E-state index < -0.39 is 0 Å². The maximum atomic E-state index is 12.9. The standard InChI is InChI=1S/C24H29N5O2S/c1-18(23(30)25-20-12-6-7-13-21(20)31-2)32-24-27-26-22(17-28-14-8-9-15-28)29(24)16-19-10-4-3-5-11-19/h3-7,10-13,18H,8-9,14-17H2,1-2H3,(H,25,30)/t18-/m0/s1. The first-order chi connectivity index (χ1) is 15.6. The molecule has 1 saturated heterocycles. The first-order valence-electron chi connectivity index (χ1n) is 10.9. The van der Waals surface area contributed by atoms with Gasteiger partial charge in [0, 0.05) is 0 Å². The average molecular weight is 452 g/mol. The Kier molecular flexibility index (Phi) is 7.44. The minimum atomic E-state index is -0.349. The van der Waals surface area contributed by atoms with Gasteiger partial charge < -0.3 is 14.6 Å². The van der Waals surface area contributed by atoms with Crippen molar-refractivity contribution in [2.45, 2.75) is 43.3 Å². The summed E-state index contributed by atoms with van der Waals surface area (Å²) in [4.78, 5) is 15.3. The second kappa shape index (κ2) is 10.7. The van der Waals surface area contributed by atoms with E-state index in [9.17, 15) is 4.79 Å². The van der Waals surface area contributed by atoms with Crippen molar-refractivity contribution in [1.82, 2.24) is 19.7 Å². The highest BCUT2D eigenvalue weighted by Crippen LogP contribution is 2.28. The Morgan fingerprint density at radius 3 is 2.53 bits per heavy atom. The van der Waals surface area contributed by atoms with Gasteiger partial charge in [0.1, 0.15) is 11.6 Å². The molecule has 0 bridgehead atoms. The molecule has 1 N–H and O–H groups in total. The number of rotatable bonds is 9. The molecule has 7 nitrogen and oxygen atoms in total. The third-order valence-corrected chi connectivity index (χ3v) is 6.64. The van der Waals surface area contributed by atoms with Crippen molar-refractivity contribution in [3.8, 4) is 5.75 Å². The summed E-state index contributed by atoms with van der Waals surface area (Å²) < 4.78 is 7.49. The fourth-order valence-corrected chi connectivity index (χ4v) is 4.65. The summed E-state index contributed by atoms with van der Waals surface area (Å²) in [6, 6.07) is 17.7. The quantitative estimate of drug-likeness (QED) is 0.495. The van der Waals surface area contributed by atoms with Gasteiger partial charge in [0.05, 0.1) is 31.1 Å². The number of anilines is 1. The molecule has 0 spiro atoms. The van der Waals surface area contributed by atoms with Crippen LogP contribution >= 0.6 is 11.8 Å². The third kappa shape index (κ3) is 5.49. The summed E-state index contributed by atoms with van der Waals surface area (Å²) in [6.45, 7) is 5.54. The molecule has 32 heavy (non-hydrogen) atoms. The number of ether oxygens (including phenoxy) is 1. The van der Waals surface area contributed by atoms with Crippen molar-refractivity contribution in [2.75, 3.05) is 25.5 Å². The largest absolute Gasteiger partial charge is 0.495 e. The van der Waals surface area contributed by atoms with E-state index in [1.165, 1.54) is 30.2 Å². The average Bonchev–Trinajstić information content (AvgIpc) is 3.46. The second-order valence-electron chi connectivity index (χ2n) is 7.90. The van der Waals surface area contributed by atoms with Gasteiger partial charge in [0.25, 0.3) is 0 Å². The minimum Gasteiger partial charge on any atom is -0.495 e. The summed E-state index contributed by atoms with van der Waals surface area (Å²) in [5.74, 6) is 1.48. The van der Waals surface area contributed by atoms with E-state index in [0.29, 0.717) is 18.0 Å². The van der Waals surface area contributed by atoms with Crippen molar-refractivity contribution in [1.29, 1.82) is 0 Å². The van der Waals surface area contributed by atoms with Crippen LogP contribution in [0.25, 0.3) is 0 Å². The predicted molar refractivity (Wildman–Crippen MR) is 127 cm³/mol. The Morgan fingerprint density at radius 1 is 1.06 bits per heavy atom. The molecule has 2 aromatic carbocycles. The number of thioether (sulfide) groups is 1. The molecule has 1 aliphatic rings. The molecule has 2 heterocycles. The molecule has 0 saturated carbocycles. The van der Waals surface area contributed by atoms with Gasteiger partial charge in [-0.05, 0) is 50.6 Å². The van der Waals surface area contributed by atoms with Gasteiger partial charge in [-0.15, -0.1) is 10.2 Å². The van der Waals surface area contributed by atoms with Gasteiger partial charge >= 0.3 is 0 Å². The summed E-state index contributed by atoms with van der Waals surface area (Å²) in [6.07, 6.45) is 2.46. The van der Waals surface area contributed by atoms with E-state index in [4.69, 9.17) is 4.74 Å². The van der Waals surface area contributed by atoms with Crippen molar-refractivity contribution >= 4 is 23.4 Å². The molecule has 168 valence electrons. The van der Waals surface area contributed by atoms with Crippen molar-refractivity contribution in [3.63, 3.8) is 0 Å². The Bertz CT molecular complexity index is 1030. The van der Waals surface area contributed by atoms with Crippen molar-refractivity contribution in [3.05, 3.63) is 66.0 Å². The zero-order valence-corrected chi connectivity index (χ0v) is 19.3. The molecule has 3 aromatic rings. The number of hydrogen-bond acceptors (Lipinski definition) is 6. The molecule has 0 aliphatic carbocycles. The van der Waals surface area contributed by atoms with E-state index in [0.717, 1.165) is 30.6 Å². The van der Waals surface area contributed by atoms with E-state index in [1.807, 2.05) is 49.4 Å². The molecule has 1 atom stereocenters. The molecule has 0 unspecified atom stereocenters. The molecular formula is C24H29N5O2S. The number of nitrogens with zero attached hydrogens (tertiary/aromatic N) is 4. The smallest absolute Gasteiger partial charge is 0.237 e. The molecule has 1 amide bonds. The number of likely N-dealkylation sites (tertiary alicyclic amines) is 1. The maximum Gasteiger partial charge on any atom is 0.237 e. The van der Waals surface area contributed by atoms with Crippen molar-refractivity contribution < 1.29 is 9.53 Å². The Hall–Kier alpha value is -2.84. The maximum absolute atomic E-state index is 12.9. The van der Waals surface area contributed by atoms with Crippen LogP contribution < -0.4 is 10.1 Å². The number of carbonyl (C=O) groups excluding carboxylic acids is 1. The number of methoxy groups -OCH3 is 1. The Morgan fingerprint density at radius 2 is 1.78 bits per heavy atom. The van der Waals surface area contributed by atoms with Crippen LogP contribution in [0, 0.1) is 0 Å². The van der Waals surface area contributed by atoms with Gasteiger partial charge in [-0.25, -0.2) is 0 Å². The normalized spacial score (nSPS) is 14.9. The van der Waals surface area contributed by atoms with Gasteiger partial charge in [-0.2, -0.15) is 0 Å². The summed E-state index contributed by atoms with van der Waals surface area (Å²) >= 11 is 1.43. The van der Waals surface area contributed by atoms with Crippen LogP contribution in [0.15, 0.2) is 59.8 Å². The van der Waals surface area contributed by atoms with Gasteiger partial charge in [-0.1, -0.05) is 54.2 Å². The Labute approximate surface area is 193 Å². The zero-order chi connectivity index (χ0) is 22.3. The van der Waals surface area contributed by atoms with Gasteiger partial charge in [0.15, 0.2) is 5.16 Å². The van der Waals surface area contributed by atoms with Crippen LogP contribution in [0.5, 0.6) is 5.75 Å². The minimum absolute atomic E-state index is 0.102. The van der Waals surface area contributed by atoms with E-state index in [2.05, 4.69) is 37.1 Å². The van der Waals surface area contributed by atoms with E-state index in [1.54, 1.807) is 7.11 Å². The lowest BCUT2D eigenvalue weighted by Crippen LogP contribution is -2.24. The highest BCUT2D eigenvalue weighted by molar-refractivity contribution is 8.00. The highest BCUT2D eigenvalue weighted by atomic mass is 32.2. The second-order valence-corrected chi connectivity index (χ2v) is 9.21. The number of carbonyl (C=O) groups is 1. The zero-order valence-electron chi connectivity index (χ0n) is 18.5. The number of aromatic nitrogens is 3. The SMILES string of the molecule is COc1ccccc1NC(=O)[C@H](C)Sc1nnc(CN2CCCC2)n1Cc1ccccc1. The van der Waals surface area contributed by atoms with Crippen LogP contribution in [0.4, 0.5) is 5.69 Å². The molecule has 1 aliphatic heterocycles. The fraction of sp³-hybridized carbons (Fsp3) is 0.375.